The van der Waals surface area contributed by atoms with Crippen LogP contribution in [-0.4, -0.2) is 18.0 Å². The predicted molar refractivity (Wildman–Crippen MR) is 125 cm³/mol. The van der Waals surface area contributed by atoms with Crippen molar-refractivity contribution in [3.05, 3.63) is 74.7 Å². The van der Waals surface area contributed by atoms with Crippen LogP contribution in [0.1, 0.15) is 22.8 Å². The Morgan fingerprint density at radius 1 is 1.03 bits per heavy atom. The zero-order chi connectivity index (χ0) is 22.1. The van der Waals surface area contributed by atoms with Crippen molar-refractivity contribution in [2.45, 2.75) is 13.3 Å². The fraction of sp³-hybridized carbons (Fsp3) is 0.130. The first-order chi connectivity index (χ1) is 14.9. The summed E-state index contributed by atoms with van der Waals surface area (Å²) in [6.07, 6.45) is 0.911. The van der Waals surface area contributed by atoms with Crippen molar-refractivity contribution < 1.29 is 13.9 Å². The molecular formula is C23H17Cl3N2O3. The first-order valence-corrected chi connectivity index (χ1v) is 10.6. The Hall–Kier alpha value is -2.73. The van der Waals surface area contributed by atoms with Crippen LogP contribution >= 0.6 is 34.8 Å². The maximum atomic E-state index is 12.8. The number of carbonyl (C=O) groups excluding carboxylic acids is 1. The fourth-order valence-corrected chi connectivity index (χ4v) is 3.96. The number of aryl methyl sites for hydroxylation is 1. The molecule has 0 saturated heterocycles. The lowest BCUT2D eigenvalue weighted by atomic mass is 10.1. The van der Waals surface area contributed by atoms with Crippen LogP contribution < -0.4 is 10.1 Å². The molecule has 3 aromatic carbocycles. The maximum Gasteiger partial charge on any atom is 0.255 e. The van der Waals surface area contributed by atoms with Gasteiger partial charge in [0.1, 0.15) is 5.52 Å². The molecule has 1 N–H and O–H groups in total. The third-order valence-corrected chi connectivity index (χ3v) is 5.68. The van der Waals surface area contributed by atoms with Crippen LogP contribution in [0, 0.1) is 0 Å². The van der Waals surface area contributed by atoms with Crippen molar-refractivity contribution in [2.24, 2.45) is 0 Å². The number of aromatic nitrogens is 1. The zero-order valence-electron chi connectivity index (χ0n) is 16.6. The van der Waals surface area contributed by atoms with E-state index in [9.17, 15) is 4.79 Å². The molecule has 0 saturated carbocycles. The minimum absolute atomic E-state index is 0.234. The third kappa shape index (κ3) is 4.35. The van der Waals surface area contributed by atoms with Crippen molar-refractivity contribution in [1.82, 2.24) is 4.98 Å². The zero-order valence-corrected chi connectivity index (χ0v) is 18.9. The van der Waals surface area contributed by atoms with Gasteiger partial charge in [0.2, 0.25) is 5.89 Å². The Kier molecular flexibility index (Phi) is 6.10. The summed E-state index contributed by atoms with van der Waals surface area (Å²) in [4.78, 5) is 17.3. The van der Waals surface area contributed by atoms with E-state index in [1.807, 2.05) is 18.2 Å². The van der Waals surface area contributed by atoms with Crippen LogP contribution in [0.15, 0.2) is 52.9 Å². The summed E-state index contributed by atoms with van der Waals surface area (Å²) in [5.74, 6) is 0.323. The first-order valence-electron chi connectivity index (χ1n) is 9.43. The second-order valence-electron chi connectivity index (χ2n) is 6.80. The van der Waals surface area contributed by atoms with Gasteiger partial charge in [0.05, 0.1) is 27.9 Å². The standard InChI is InChI=1S/C23H17Cl3N2O3/c1-3-12-4-7-20-19(8-12)28-23(31-20)13-5-6-15(24)18(11-13)27-22(29)14-9-16(25)21(30-2)17(26)10-14/h4-11H,3H2,1-2H3,(H,27,29). The Balaban J connectivity index is 1.65. The molecule has 0 atom stereocenters. The quantitative estimate of drug-likeness (QED) is 0.329. The van der Waals surface area contributed by atoms with Gasteiger partial charge in [-0.25, -0.2) is 4.98 Å². The average molecular weight is 476 g/mol. The van der Waals surface area contributed by atoms with Crippen LogP contribution in [0.25, 0.3) is 22.6 Å². The van der Waals surface area contributed by atoms with E-state index in [1.54, 1.807) is 18.2 Å². The van der Waals surface area contributed by atoms with Gasteiger partial charge < -0.3 is 14.5 Å². The van der Waals surface area contributed by atoms with Crippen LogP contribution in [0.4, 0.5) is 5.69 Å². The van der Waals surface area contributed by atoms with Crippen LogP contribution in [0.5, 0.6) is 5.75 Å². The van der Waals surface area contributed by atoms with Crippen molar-refractivity contribution in [2.75, 3.05) is 12.4 Å². The van der Waals surface area contributed by atoms with Gasteiger partial charge >= 0.3 is 0 Å². The molecule has 1 amide bonds. The van der Waals surface area contributed by atoms with Gasteiger partial charge in [-0.15, -0.1) is 0 Å². The third-order valence-electron chi connectivity index (χ3n) is 4.79. The molecule has 158 valence electrons. The fourth-order valence-electron chi connectivity index (χ4n) is 3.15. The lowest BCUT2D eigenvalue weighted by Crippen LogP contribution is -2.12. The lowest BCUT2D eigenvalue weighted by Gasteiger charge is -2.11. The number of hydrogen-bond donors (Lipinski definition) is 1. The highest BCUT2D eigenvalue weighted by Gasteiger charge is 2.16. The SMILES string of the molecule is CCc1ccc2oc(-c3ccc(Cl)c(NC(=O)c4cc(Cl)c(OC)c(Cl)c4)c3)nc2c1. The normalized spacial score (nSPS) is 11.0. The number of nitrogens with zero attached hydrogens (tertiary/aromatic N) is 1. The minimum Gasteiger partial charge on any atom is -0.494 e. The highest BCUT2D eigenvalue weighted by Crippen LogP contribution is 2.35. The second-order valence-corrected chi connectivity index (χ2v) is 8.02. The lowest BCUT2D eigenvalue weighted by molar-refractivity contribution is 0.102. The molecule has 0 unspecified atom stereocenters. The highest BCUT2D eigenvalue weighted by atomic mass is 35.5. The smallest absolute Gasteiger partial charge is 0.255 e. The van der Waals surface area contributed by atoms with Crippen molar-refractivity contribution in [3.63, 3.8) is 0 Å². The Morgan fingerprint density at radius 2 is 1.77 bits per heavy atom. The molecule has 8 heteroatoms. The summed E-state index contributed by atoms with van der Waals surface area (Å²) in [6, 6.07) is 14.0. The summed E-state index contributed by atoms with van der Waals surface area (Å²) in [6.45, 7) is 2.08. The number of amides is 1. The number of ether oxygens (including phenoxy) is 1. The van der Waals surface area contributed by atoms with E-state index in [0.29, 0.717) is 33.5 Å². The molecule has 5 nitrogen and oxygen atoms in total. The topological polar surface area (TPSA) is 64.4 Å². The van der Waals surface area contributed by atoms with Crippen molar-refractivity contribution in [1.29, 1.82) is 0 Å². The van der Waals surface area contributed by atoms with Crippen LogP contribution in [-0.2, 0) is 6.42 Å². The summed E-state index contributed by atoms with van der Waals surface area (Å²) >= 11 is 18.6. The van der Waals surface area contributed by atoms with E-state index in [0.717, 1.165) is 11.9 Å². The van der Waals surface area contributed by atoms with Gasteiger partial charge in [-0.3, -0.25) is 4.79 Å². The summed E-state index contributed by atoms with van der Waals surface area (Å²) in [7, 11) is 1.45. The van der Waals surface area contributed by atoms with E-state index in [1.165, 1.54) is 24.8 Å². The van der Waals surface area contributed by atoms with Gasteiger partial charge in [0.25, 0.3) is 5.91 Å². The molecule has 1 heterocycles. The van der Waals surface area contributed by atoms with Gasteiger partial charge in [0.15, 0.2) is 11.3 Å². The van der Waals surface area contributed by atoms with Crippen molar-refractivity contribution in [3.8, 4) is 17.2 Å². The molecule has 0 bridgehead atoms. The van der Waals surface area contributed by atoms with Gasteiger partial charge in [-0.05, 0) is 54.4 Å². The number of carbonyl (C=O) groups is 1. The van der Waals surface area contributed by atoms with E-state index >= 15 is 0 Å². The predicted octanol–water partition coefficient (Wildman–Crippen LogP) is 7.28. The molecule has 0 aliphatic rings. The molecule has 31 heavy (non-hydrogen) atoms. The maximum absolute atomic E-state index is 12.8. The van der Waals surface area contributed by atoms with E-state index in [2.05, 4.69) is 17.2 Å². The van der Waals surface area contributed by atoms with Crippen LogP contribution in [0.3, 0.4) is 0 Å². The van der Waals surface area contributed by atoms with E-state index in [-0.39, 0.29) is 15.6 Å². The van der Waals surface area contributed by atoms with Gasteiger partial charge in [-0.1, -0.05) is 47.8 Å². The molecule has 0 fully saturated rings. The number of hydrogen-bond acceptors (Lipinski definition) is 4. The number of benzene rings is 3. The number of methoxy groups -OCH3 is 1. The van der Waals surface area contributed by atoms with Crippen molar-refractivity contribution >= 4 is 57.5 Å². The summed E-state index contributed by atoms with van der Waals surface area (Å²) in [5.41, 5.74) is 4.00. The molecule has 0 spiro atoms. The van der Waals surface area contributed by atoms with E-state index in [4.69, 9.17) is 44.0 Å². The average Bonchev–Trinajstić information content (AvgIpc) is 3.18. The summed E-state index contributed by atoms with van der Waals surface area (Å²) in [5, 5.41) is 3.62. The van der Waals surface area contributed by atoms with Gasteiger partial charge in [-0.2, -0.15) is 0 Å². The largest absolute Gasteiger partial charge is 0.494 e. The molecular weight excluding hydrogens is 459 g/mol. The molecule has 0 radical (unpaired) electrons. The minimum atomic E-state index is -0.421. The highest BCUT2D eigenvalue weighted by molar-refractivity contribution is 6.38. The number of rotatable bonds is 5. The number of oxazole rings is 1. The number of halogens is 3. The Morgan fingerprint density at radius 3 is 2.45 bits per heavy atom. The Bertz CT molecular complexity index is 1280. The molecule has 0 aliphatic heterocycles. The number of fused-ring (bicyclic) bond motifs is 1. The molecule has 0 aliphatic carbocycles. The number of nitrogens with one attached hydrogen (secondary N) is 1. The van der Waals surface area contributed by atoms with E-state index < -0.39 is 5.91 Å². The van der Waals surface area contributed by atoms with Crippen LogP contribution in [0.2, 0.25) is 15.1 Å². The first kappa shape index (κ1) is 21.5. The second kappa shape index (κ2) is 8.79. The molecule has 1 aromatic heterocycles. The monoisotopic (exact) mass is 474 g/mol. The Labute approximate surface area is 193 Å². The molecule has 4 aromatic rings. The van der Waals surface area contributed by atoms with Gasteiger partial charge in [0, 0.05) is 11.1 Å². The number of anilines is 1. The summed E-state index contributed by atoms with van der Waals surface area (Å²) < 4.78 is 11.0. The molecule has 4 rings (SSSR count).